The third-order valence-electron chi connectivity index (χ3n) is 2.29. The molecule has 6 heteroatoms. The number of aryl methyl sites for hydroxylation is 1. The van der Waals surface area contributed by atoms with Gasteiger partial charge in [-0.05, 0) is 39.9 Å². The monoisotopic (exact) mass is 238 g/mol. The van der Waals surface area contributed by atoms with E-state index in [0.717, 1.165) is 5.69 Å². The minimum Gasteiger partial charge on any atom is -0.440 e. The molecule has 0 radical (unpaired) electrons. The van der Waals surface area contributed by atoms with Crippen molar-refractivity contribution in [2.75, 3.05) is 0 Å². The molecule has 0 saturated heterocycles. The molecular formula is C10H14N4OS. The lowest BCUT2D eigenvalue weighted by Gasteiger charge is -2.21. The molecule has 0 amide bonds. The van der Waals surface area contributed by atoms with E-state index in [1.54, 1.807) is 0 Å². The highest BCUT2D eigenvalue weighted by atomic mass is 32.1. The van der Waals surface area contributed by atoms with Crippen molar-refractivity contribution < 1.29 is 4.42 Å². The van der Waals surface area contributed by atoms with Crippen LogP contribution >= 0.6 is 12.2 Å². The van der Waals surface area contributed by atoms with Crippen LogP contribution in [0.15, 0.2) is 10.8 Å². The largest absolute Gasteiger partial charge is 0.440 e. The average molecular weight is 238 g/mol. The third kappa shape index (κ3) is 1.69. The number of hydrogen-bond donors (Lipinski definition) is 1. The Balaban J connectivity index is 2.69. The van der Waals surface area contributed by atoms with Crippen LogP contribution in [0.1, 0.15) is 26.5 Å². The lowest BCUT2D eigenvalue weighted by Crippen LogP contribution is -2.23. The molecule has 2 aromatic heterocycles. The molecule has 86 valence electrons. The second-order valence-electron chi connectivity index (χ2n) is 4.63. The number of oxazole rings is 1. The summed E-state index contributed by atoms with van der Waals surface area (Å²) in [5.74, 6) is 1.34. The fraction of sp³-hybridized carbons (Fsp3) is 0.500. The first-order chi connectivity index (χ1) is 7.41. The second-order valence-corrected chi connectivity index (χ2v) is 5.01. The van der Waals surface area contributed by atoms with Crippen LogP contribution < -0.4 is 0 Å². The van der Waals surface area contributed by atoms with Gasteiger partial charge in [-0.3, -0.25) is 9.67 Å². The van der Waals surface area contributed by atoms with Crippen molar-refractivity contribution in [3.63, 3.8) is 0 Å². The van der Waals surface area contributed by atoms with Gasteiger partial charge in [0, 0.05) is 5.54 Å². The smallest absolute Gasteiger partial charge is 0.200 e. The van der Waals surface area contributed by atoms with Crippen LogP contribution in [0, 0.1) is 11.7 Å². The van der Waals surface area contributed by atoms with Gasteiger partial charge in [0.05, 0.1) is 5.69 Å². The first-order valence-electron chi connectivity index (χ1n) is 4.99. The van der Waals surface area contributed by atoms with E-state index in [9.17, 15) is 0 Å². The van der Waals surface area contributed by atoms with Crippen LogP contribution in [0.4, 0.5) is 0 Å². The number of rotatable bonds is 1. The van der Waals surface area contributed by atoms with E-state index in [1.165, 1.54) is 6.39 Å². The van der Waals surface area contributed by atoms with E-state index in [4.69, 9.17) is 16.6 Å². The van der Waals surface area contributed by atoms with E-state index in [2.05, 4.69) is 36.0 Å². The van der Waals surface area contributed by atoms with Gasteiger partial charge in [-0.1, -0.05) is 0 Å². The number of hydrogen-bond acceptors (Lipinski definition) is 4. The first-order valence-corrected chi connectivity index (χ1v) is 5.40. The van der Waals surface area contributed by atoms with Gasteiger partial charge in [-0.15, -0.1) is 0 Å². The minimum atomic E-state index is -0.154. The minimum absolute atomic E-state index is 0.154. The Morgan fingerprint density at radius 3 is 2.62 bits per heavy atom. The van der Waals surface area contributed by atoms with Gasteiger partial charge in [0.25, 0.3) is 0 Å². The van der Waals surface area contributed by atoms with Gasteiger partial charge in [0.2, 0.25) is 5.82 Å². The summed E-state index contributed by atoms with van der Waals surface area (Å²) in [5, 5.41) is 6.98. The molecule has 0 atom stereocenters. The highest BCUT2D eigenvalue weighted by Gasteiger charge is 2.23. The van der Waals surface area contributed by atoms with E-state index in [0.29, 0.717) is 16.4 Å². The van der Waals surface area contributed by atoms with Crippen molar-refractivity contribution in [2.24, 2.45) is 0 Å². The summed E-state index contributed by atoms with van der Waals surface area (Å²) < 4.78 is 7.85. The molecular weight excluding hydrogens is 224 g/mol. The zero-order valence-electron chi connectivity index (χ0n) is 9.74. The Hall–Kier alpha value is -1.43. The first kappa shape index (κ1) is 11.1. The molecule has 0 aliphatic carbocycles. The number of aromatic nitrogens is 4. The van der Waals surface area contributed by atoms with Gasteiger partial charge < -0.3 is 4.42 Å². The molecule has 0 bridgehead atoms. The Kier molecular flexibility index (Phi) is 2.46. The average Bonchev–Trinajstić information content (AvgIpc) is 2.69. The summed E-state index contributed by atoms with van der Waals surface area (Å²) in [4.78, 5) is 4.06. The van der Waals surface area contributed by atoms with Gasteiger partial charge in [0.1, 0.15) is 0 Å². The molecule has 0 aromatic carbocycles. The van der Waals surface area contributed by atoms with Crippen molar-refractivity contribution in [3.05, 3.63) is 16.9 Å². The number of nitrogens with one attached hydrogen (secondary N) is 1. The standard InChI is InChI=1S/C10H14N4OS/c1-6-7(15-5-11-6)8-12-13-9(16)14(8)10(2,3)4/h5H,1-4H3,(H,13,16). The Morgan fingerprint density at radius 1 is 1.44 bits per heavy atom. The fourth-order valence-electron chi connectivity index (χ4n) is 1.59. The maximum absolute atomic E-state index is 5.34. The molecule has 0 spiro atoms. The molecule has 0 fully saturated rings. The van der Waals surface area contributed by atoms with Crippen molar-refractivity contribution in [1.82, 2.24) is 19.7 Å². The van der Waals surface area contributed by atoms with E-state index in [1.807, 2.05) is 11.5 Å². The van der Waals surface area contributed by atoms with Gasteiger partial charge in [0.15, 0.2) is 16.9 Å². The maximum atomic E-state index is 5.34. The maximum Gasteiger partial charge on any atom is 0.200 e. The quantitative estimate of drug-likeness (QED) is 0.776. The third-order valence-corrected chi connectivity index (χ3v) is 2.57. The summed E-state index contributed by atoms with van der Waals surface area (Å²) in [6, 6.07) is 0. The molecule has 0 unspecified atom stereocenters. The molecule has 2 heterocycles. The predicted molar refractivity (Wildman–Crippen MR) is 62.6 cm³/mol. The van der Waals surface area contributed by atoms with E-state index >= 15 is 0 Å². The zero-order chi connectivity index (χ0) is 11.9. The van der Waals surface area contributed by atoms with Crippen LogP contribution in [-0.2, 0) is 5.54 Å². The van der Waals surface area contributed by atoms with Crippen LogP contribution in [0.5, 0.6) is 0 Å². The molecule has 2 rings (SSSR count). The number of nitrogens with zero attached hydrogens (tertiary/aromatic N) is 3. The van der Waals surface area contributed by atoms with Gasteiger partial charge >= 0.3 is 0 Å². The van der Waals surface area contributed by atoms with Crippen molar-refractivity contribution in [1.29, 1.82) is 0 Å². The Labute approximate surface area is 98.5 Å². The summed E-state index contributed by atoms with van der Waals surface area (Å²) in [5.41, 5.74) is 0.651. The molecule has 0 saturated carbocycles. The molecule has 5 nitrogen and oxygen atoms in total. The number of H-pyrrole nitrogens is 1. The van der Waals surface area contributed by atoms with Crippen LogP contribution in [0.2, 0.25) is 0 Å². The van der Waals surface area contributed by atoms with Crippen LogP contribution in [0.25, 0.3) is 11.6 Å². The predicted octanol–water partition coefficient (Wildman–Crippen LogP) is 2.66. The second kappa shape index (κ2) is 3.55. The topological polar surface area (TPSA) is 59.6 Å². The lowest BCUT2D eigenvalue weighted by atomic mass is 10.1. The van der Waals surface area contributed by atoms with Crippen molar-refractivity contribution in [3.8, 4) is 11.6 Å². The van der Waals surface area contributed by atoms with E-state index < -0.39 is 0 Å². The molecule has 2 aromatic rings. The molecule has 0 aliphatic rings. The van der Waals surface area contributed by atoms with Crippen LogP contribution in [0.3, 0.4) is 0 Å². The SMILES string of the molecule is Cc1ncoc1-c1n[nH]c(=S)n1C(C)(C)C. The highest BCUT2D eigenvalue weighted by Crippen LogP contribution is 2.26. The van der Waals surface area contributed by atoms with Crippen molar-refractivity contribution in [2.45, 2.75) is 33.2 Å². The normalized spacial score (nSPS) is 12.0. The Bertz CT molecular complexity index is 558. The molecule has 16 heavy (non-hydrogen) atoms. The number of aromatic amines is 1. The summed E-state index contributed by atoms with van der Waals surface area (Å²) >= 11 is 5.22. The van der Waals surface area contributed by atoms with Gasteiger partial charge in [-0.2, -0.15) is 5.10 Å². The summed E-state index contributed by atoms with van der Waals surface area (Å²) in [7, 11) is 0. The van der Waals surface area contributed by atoms with E-state index in [-0.39, 0.29) is 5.54 Å². The zero-order valence-corrected chi connectivity index (χ0v) is 10.6. The lowest BCUT2D eigenvalue weighted by molar-refractivity contribution is 0.391. The van der Waals surface area contributed by atoms with Crippen molar-refractivity contribution >= 4 is 12.2 Å². The van der Waals surface area contributed by atoms with Gasteiger partial charge in [-0.25, -0.2) is 4.98 Å². The Morgan fingerprint density at radius 2 is 2.12 bits per heavy atom. The summed E-state index contributed by atoms with van der Waals surface area (Å²) in [6.07, 6.45) is 1.41. The molecule has 1 N–H and O–H groups in total. The fourth-order valence-corrected chi connectivity index (χ4v) is 1.99. The van der Waals surface area contributed by atoms with Crippen LogP contribution in [-0.4, -0.2) is 19.7 Å². The highest BCUT2D eigenvalue weighted by molar-refractivity contribution is 7.71. The molecule has 0 aliphatic heterocycles. The summed E-state index contributed by atoms with van der Waals surface area (Å²) in [6.45, 7) is 8.07.